The van der Waals surface area contributed by atoms with E-state index < -0.39 is 10.0 Å². The Bertz CT molecular complexity index is 597. The fourth-order valence-corrected chi connectivity index (χ4v) is 4.35. The van der Waals surface area contributed by atoms with Gasteiger partial charge >= 0.3 is 0 Å². The lowest BCUT2D eigenvalue weighted by Gasteiger charge is -2.23. The number of benzene rings is 1. The Kier molecular flexibility index (Phi) is 5.79. The molecule has 0 saturated carbocycles. The molecule has 0 bridgehead atoms. The van der Waals surface area contributed by atoms with Crippen molar-refractivity contribution < 1.29 is 18.3 Å². The van der Waals surface area contributed by atoms with Crippen molar-refractivity contribution in [1.29, 1.82) is 0 Å². The van der Waals surface area contributed by atoms with Crippen LogP contribution in [-0.4, -0.2) is 32.8 Å². The van der Waals surface area contributed by atoms with E-state index >= 15 is 0 Å². The lowest BCUT2D eigenvalue weighted by Crippen LogP contribution is -2.35. The summed E-state index contributed by atoms with van der Waals surface area (Å²) in [5, 5.41) is 9.22. The number of aliphatic hydroxyl groups excluding tert-OH is 1. The number of sulfonamides is 1. The molecule has 1 aliphatic rings. The summed E-state index contributed by atoms with van der Waals surface area (Å²) < 4.78 is 33.7. The van der Waals surface area contributed by atoms with E-state index in [9.17, 15) is 13.5 Å². The molecule has 118 valence electrons. The van der Waals surface area contributed by atoms with E-state index in [1.165, 1.54) is 6.07 Å². The summed E-state index contributed by atoms with van der Waals surface area (Å²) in [5.74, 6) is 0. The molecule has 2 rings (SSSR count). The van der Waals surface area contributed by atoms with E-state index in [0.29, 0.717) is 22.2 Å². The van der Waals surface area contributed by atoms with Gasteiger partial charge in [0.15, 0.2) is 0 Å². The SMILES string of the molecule is Cc1c(Br)cc(CO)cc1S(=O)(=O)NCC1CCCCO1. The molecule has 0 radical (unpaired) electrons. The van der Waals surface area contributed by atoms with Crippen LogP contribution in [-0.2, 0) is 21.4 Å². The first-order valence-electron chi connectivity index (χ1n) is 6.95. The van der Waals surface area contributed by atoms with Gasteiger partial charge in [0.1, 0.15) is 0 Å². The van der Waals surface area contributed by atoms with Gasteiger partial charge in [-0.2, -0.15) is 0 Å². The third-order valence-electron chi connectivity index (χ3n) is 3.60. The number of nitrogens with one attached hydrogen (secondary N) is 1. The minimum absolute atomic E-state index is 0.0571. The summed E-state index contributed by atoms with van der Waals surface area (Å²) in [6, 6.07) is 3.22. The molecule has 1 atom stereocenters. The van der Waals surface area contributed by atoms with Crippen molar-refractivity contribution in [2.75, 3.05) is 13.2 Å². The van der Waals surface area contributed by atoms with Gasteiger partial charge in [-0.25, -0.2) is 13.1 Å². The minimum atomic E-state index is -3.62. The van der Waals surface area contributed by atoms with E-state index in [4.69, 9.17) is 4.74 Å². The first-order chi connectivity index (χ1) is 9.94. The van der Waals surface area contributed by atoms with Crippen LogP contribution in [0.3, 0.4) is 0 Å². The summed E-state index contributed by atoms with van der Waals surface area (Å²) in [6.45, 7) is 2.50. The van der Waals surface area contributed by atoms with E-state index in [2.05, 4.69) is 20.7 Å². The maximum atomic E-state index is 12.4. The van der Waals surface area contributed by atoms with Gasteiger partial charge in [-0.1, -0.05) is 15.9 Å². The van der Waals surface area contributed by atoms with Crippen LogP contribution in [0.2, 0.25) is 0 Å². The van der Waals surface area contributed by atoms with Crippen molar-refractivity contribution in [3.63, 3.8) is 0 Å². The topological polar surface area (TPSA) is 75.6 Å². The Labute approximate surface area is 133 Å². The van der Waals surface area contributed by atoms with Crippen LogP contribution in [0.15, 0.2) is 21.5 Å². The second kappa shape index (κ2) is 7.19. The average Bonchev–Trinajstić information content (AvgIpc) is 2.48. The maximum absolute atomic E-state index is 12.4. The van der Waals surface area contributed by atoms with Crippen molar-refractivity contribution in [2.45, 2.75) is 43.8 Å². The highest BCUT2D eigenvalue weighted by Crippen LogP contribution is 2.26. The third kappa shape index (κ3) is 4.26. The zero-order valence-electron chi connectivity index (χ0n) is 11.9. The smallest absolute Gasteiger partial charge is 0.240 e. The van der Waals surface area contributed by atoms with E-state index in [1.54, 1.807) is 13.0 Å². The Hall–Kier alpha value is -0.470. The number of rotatable bonds is 5. The van der Waals surface area contributed by atoms with Gasteiger partial charge < -0.3 is 9.84 Å². The largest absolute Gasteiger partial charge is 0.392 e. The Morgan fingerprint density at radius 3 is 2.81 bits per heavy atom. The van der Waals surface area contributed by atoms with Gasteiger partial charge in [-0.05, 0) is 49.4 Å². The van der Waals surface area contributed by atoms with Gasteiger partial charge in [0.25, 0.3) is 0 Å². The van der Waals surface area contributed by atoms with Crippen LogP contribution in [0.5, 0.6) is 0 Å². The molecule has 5 nitrogen and oxygen atoms in total. The average molecular weight is 378 g/mol. The van der Waals surface area contributed by atoms with Crippen molar-refractivity contribution >= 4 is 26.0 Å². The number of halogens is 1. The monoisotopic (exact) mass is 377 g/mol. The first kappa shape index (κ1) is 16.9. The molecule has 1 fully saturated rings. The molecule has 0 spiro atoms. The molecule has 2 N–H and O–H groups in total. The molecule has 21 heavy (non-hydrogen) atoms. The first-order valence-corrected chi connectivity index (χ1v) is 9.23. The van der Waals surface area contributed by atoms with Gasteiger partial charge in [0.2, 0.25) is 10.0 Å². The minimum Gasteiger partial charge on any atom is -0.392 e. The quantitative estimate of drug-likeness (QED) is 0.823. The number of aliphatic hydroxyl groups is 1. The molecule has 1 aromatic rings. The summed E-state index contributed by atoms with van der Waals surface area (Å²) in [5.41, 5.74) is 1.19. The van der Waals surface area contributed by atoms with Crippen molar-refractivity contribution in [2.24, 2.45) is 0 Å². The molecule has 1 aromatic carbocycles. The molecule has 0 amide bonds. The Morgan fingerprint density at radius 2 is 2.19 bits per heavy atom. The van der Waals surface area contributed by atoms with Crippen LogP contribution in [0, 0.1) is 6.92 Å². The normalized spacial score (nSPS) is 19.7. The predicted octanol–water partition coefficient (Wildman–Crippen LogP) is 2.10. The van der Waals surface area contributed by atoms with E-state index in [1.807, 2.05) is 0 Å². The maximum Gasteiger partial charge on any atom is 0.240 e. The van der Waals surface area contributed by atoms with Gasteiger partial charge in [0, 0.05) is 17.6 Å². The van der Waals surface area contributed by atoms with E-state index in [-0.39, 0.29) is 24.2 Å². The van der Waals surface area contributed by atoms with Gasteiger partial charge in [0.05, 0.1) is 17.6 Å². The van der Waals surface area contributed by atoms with Crippen LogP contribution in [0.4, 0.5) is 0 Å². The summed E-state index contributed by atoms with van der Waals surface area (Å²) >= 11 is 3.33. The van der Waals surface area contributed by atoms with Gasteiger partial charge in [-0.15, -0.1) is 0 Å². The molecule has 0 aliphatic carbocycles. The lowest BCUT2D eigenvalue weighted by atomic mass is 10.1. The highest BCUT2D eigenvalue weighted by atomic mass is 79.9. The molecule has 1 heterocycles. The van der Waals surface area contributed by atoms with Crippen molar-refractivity contribution in [1.82, 2.24) is 4.72 Å². The molecule has 1 saturated heterocycles. The highest BCUT2D eigenvalue weighted by molar-refractivity contribution is 9.10. The third-order valence-corrected chi connectivity index (χ3v) is 5.98. The second-order valence-corrected chi connectivity index (χ2v) is 7.79. The van der Waals surface area contributed by atoms with Gasteiger partial charge in [-0.3, -0.25) is 0 Å². The summed E-state index contributed by atoms with van der Waals surface area (Å²) in [6.07, 6.45) is 2.92. The van der Waals surface area contributed by atoms with Crippen LogP contribution < -0.4 is 4.72 Å². The molecular weight excluding hydrogens is 358 g/mol. The summed E-state index contributed by atoms with van der Waals surface area (Å²) in [4.78, 5) is 0.191. The second-order valence-electron chi connectivity index (χ2n) is 5.20. The Morgan fingerprint density at radius 1 is 1.43 bits per heavy atom. The standard InChI is InChI=1S/C14H20BrNO4S/c1-10-13(15)6-11(9-17)7-14(10)21(18,19)16-8-12-4-2-3-5-20-12/h6-7,12,16-17H,2-5,8-9H2,1H3. The molecule has 1 aliphatic heterocycles. The zero-order valence-corrected chi connectivity index (χ0v) is 14.3. The highest BCUT2D eigenvalue weighted by Gasteiger charge is 2.22. The molecule has 0 aromatic heterocycles. The lowest BCUT2D eigenvalue weighted by molar-refractivity contribution is 0.0200. The number of ether oxygens (including phenoxy) is 1. The van der Waals surface area contributed by atoms with Crippen LogP contribution in [0.1, 0.15) is 30.4 Å². The zero-order chi connectivity index (χ0) is 15.5. The fourth-order valence-electron chi connectivity index (χ4n) is 2.33. The Balaban J connectivity index is 2.16. The van der Waals surface area contributed by atoms with E-state index in [0.717, 1.165) is 19.3 Å². The van der Waals surface area contributed by atoms with Crippen molar-refractivity contribution in [3.8, 4) is 0 Å². The summed E-state index contributed by atoms with van der Waals surface area (Å²) in [7, 11) is -3.62. The molecule has 7 heteroatoms. The van der Waals surface area contributed by atoms with Crippen molar-refractivity contribution in [3.05, 3.63) is 27.7 Å². The molecule has 1 unspecified atom stereocenters. The number of hydrogen-bond donors (Lipinski definition) is 2. The predicted molar refractivity (Wildman–Crippen MR) is 83.6 cm³/mol. The number of hydrogen-bond acceptors (Lipinski definition) is 4. The fraction of sp³-hybridized carbons (Fsp3) is 0.571. The van der Waals surface area contributed by atoms with Crippen LogP contribution in [0.25, 0.3) is 0 Å². The van der Waals surface area contributed by atoms with Crippen LogP contribution >= 0.6 is 15.9 Å². The molecular formula is C14H20BrNO4S.